The van der Waals surface area contributed by atoms with E-state index in [-0.39, 0.29) is 11.9 Å². The Balaban J connectivity index is 2.04. The Morgan fingerprint density at radius 1 is 1.33 bits per heavy atom. The molecular weight excluding hydrogens is 230 g/mol. The van der Waals surface area contributed by atoms with Gasteiger partial charge in [0.05, 0.1) is 6.54 Å². The fraction of sp³-hybridized carbons (Fsp3) is 0.385. The van der Waals surface area contributed by atoms with Crippen LogP contribution in [0.2, 0.25) is 0 Å². The highest BCUT2D eigenvalue weighted by Gasteiger charge is 2.29. The second-order valence-electron chi connectivity index (χ2n) is 4.68. The summed E-state index contributed by atoms with van der Waals surface area (Å²) in [5, 5.41) is 2.14. The third-order valence-electron chi connectivity index (χ3n) is 3.50. The van der Waals surface area contributed by atoms with Crippen LogP contribution in [0.25, 0.3) is 0 Å². The fourth-order valence-corrected chi connectivity index (χ4v) is 2.39. The van der Waals surface area contributed by atoms with Gasteiger partial charge in [0.15, 0.2) is 6.04 Å². The summed E-state index contributed by atoms with van der Waals surface area (Å²) in [5.41, 5.74) is 7.58. The molecule has 5 nitrogen and oxygen atoms in total. The Morgan fingerprint density at radius 3 is 2.67 bits per heavy atom. The van der Waals surface area contributed by atoms with E-state index in [0.717, 1.165) is 24.4 Å². The molecule has 2 atom stereocenters. The van der Waals surface area contributed by atoms with Crippen molar-refractivity contribution in [1.29, 1.82) is 0 Å². The summed E-state index contributed by atoms with van der Waals surface area (Å²) in [4.78, 5) is 23.6. The van der Waals surface area contributed by atoms with Gasteiger partial charge in [-0.1, -0.05) is 24.3 Å². The number of benzene rings is 1. The maximum atomic E-state index is 11.7. The van der Waals surface area contributed by atoms with E-state index >= 15 is 0 Å². The van der Waals surface area contributed by atoms with Crippen molar-refractivity contribution >= 4 is 11.9 Å². The third-order valence-corrected chi connectivity index (χ3v) is 3.50. The molecule has 4 N–H and O–H groups in total. The van der Waals surface area contributed by atoms with Gasteiger partial charge in [-0.25, -0.2) is 4.79 Å². The first kappa shape index (κ1) is 12.6. The van der Waals surface area contributed by atoms with Crippen molar-refractivity contribution in [1.82, 2.24) is 5.32 Å². The normalized spacial score (nSPS) is 19.7. The number of carbonyl (C=O) groups excluding carboxylic acids is 2. The van der Waals surface area contributed by atoms with E-state index in [9.17, 15) is 9.59 Å². The Kier molecular flexibility index (Phi) is 3.62. The summed E-state index contributed by atoms with van der Waals surface area (Å²) >= 11 is 0. The number of urea groups is 1. The van der Waals surface area contributed by atoms with Crippen molar-refractivity contribution in [2.45, 2.75) is 25.9 Å². The minimum absolute atomic E-state index is 0.272. The Bertz CT molecular complexity index is 473. The van der Waals surface area contributed by atoms with Gasteiger partial charge in [-0.05, 0) is 12.5 Å². The van der Waals surface area contributed by atoms with Crippen LogP contribution in [0.5, 0.6) is 0 Å². The number of fused-ring (bicyclic) bond motifs is 1. The molecule has 18 heavy (non-hydrogen) atoms. The number of amides is 3. The summed E-state index contributed by atoms with van der Waals surface area (Å²) in [5.74, 6) is -0.308. The van der Waals surface area contributed by atoms with Gasteiger partial charge >= 0.3 is 6.03 Å². The number of carbonyl (C=O) groups is 2. The largest absolute Gasteiger partial charge is 0.351 e. The van der Waals surface area contributed by atoms with Crippen LogP contribution in [0, 0.1) is 0 Å². The van der Waals surface area contributed by atoms with E-state index in [0.29, 0.717) is 0 Å². The first-order valence-electron chi connectivity index (χ1n) is 6.09. The molecule has 1 heterocycles. The van der Waals surface area contributed by atoms with Crippen molar-refractivity contribution in [3.8, 4) is 0 Å². The summed E-state index contributed by atoms with van der Waals surface area (Å²) in [6.07, 6.45) is 0.958. The number of quaternary nitrogens is 1. The van der Waals surface area contributed by atoms with Crippen molar-refractivity contribution < 1.29 is 14.5 Å². The van der Waals surface area contributed by atoms with Crippen molar-refractivity contribution in [2.24, 2.45) is 5.73 Å². The van der Waals surface area contributed by atoms with Gasteiger partial charge in [-0.3, -0.25) is 10.1 Å². The predicted molar refractivity (Wildman–Crippen MR) is 66.9 cm³/mol. The van der Waals surface area contributed by atoms with Gasteiger partial charge in [0.2, 0.25) is 0 Å². The Hall–Kier alpha value is -1.88. The van der Waals surface area contributed by atoms with E-state index in [1.54, 1.807) is 0 Å². The SMILES string of the molecule is C[C@@H](C(=O)NC(N)=O)[NH+]1CCc2ccccc2C1. The number of hydrogen-bond donors (Lipinski definition) is 3. The van der Waals surface area contributed by atoms with Crippen LogP contribution in [-0.2, 0) is 17.8 Å². The molecule has 0 radical (unpaired) electrons. The molecule has 0 fully saturated rings. The lowest BCUT2D eigenvalue weighted by Crippen LogP contribution is -3.16. The predicted octanol–water partition coefficient (Wildman–Crippen LogP) is -0.789. The smallest absolute Gasteiger partial charge is 0.319 e. The summed E-state index contributed by atoms with van der Waals surface area (Å²) < 4.78 is 0. The molecule has 0 saturated carbocycles. The molecule has 96 valence electrons. The molecule has 1 unspecified atom stereocenters. The molecule has 1 aliphatic rings. The Labute approximate surface area is 106 Å². The zero-order valence-corrected chi connectivity index (χ0v) is 10.4. The first-order valence-corrected chi connectivity index (χ1v) is 6.09. The van der Waals surface area contributed by atoms with Gasteiger partial charge in [0, 0.05) is 12.0 Å². The van der Waals surface area contributed by atoms with E-state index < -0.39 is 6.03 Å². The molecule has 5 heteroatoms. The van der Waals surface area contributed by atoms with Crippen LogP contribution < -0.4 is 16.0 Å². The highest BCUT2D eigenvalue weighted by atomic mass is 16.2. The number of imide groups is 1. The lowest BCUT2D eigenvalue weighted by Gasteiger charge is -2.29. The van der Waals surface area contributed by atoms with Crippen molar-refractivity contribution in [2.75, 3.05) is 6.54 Å². The zero-order chi connectivity index (χ0) is 13.1. The van der Waals surface area contributed by atoms with Gasteiger partial charge in [-0.15, -0.1) is 0 Å². The first-order chi connectivity index (χ1) is 8.58. The standard InChI is InChI=1S/C13H17N3O2/c1-9(12(17)15-13(14)18)16-7-6-10-4-2-3-5-11(10)8-16/h2-5,9H,6-8H2,1H3,(H3,14,15,17,18)/p+1/t9-/m0/s1. The number of rotatable bonds is 2. The maximum Gasteiger partial charge on any atom is 0.319 e. The van der Waals surface area contributed by atoms with Crippen LogP contribution in [0.4, 0.5) is 4.79 Å². The molecule has 0 spiro atoms. The fourth-order valence-electron chi connectivity index (χ4n) is 2.39. The second-order valence-corrected chi connectivity index (χ2v) is 4.68. The highest BCUT2D eigenvalue weighted by molar-refractivity contribution is 5.95. The molecule has 1 aromatic rings. The lowest BCUT2D eigenvalue weighted by atomic mass is 9.99. The minimum Gasteiger partial charge on any atom is -0.351 e. The minimum atomic E-state index is -0.788. The molecule has 0 saturated heterocycles. The molecule has 2 rings (SSSR count). The van der Waals surface area contributed by atoms with E-state index in [1.165, 1.54) is 11.1 Å². The third kappa shape index (κ3) is 2.68. The van der Waals surface area contributed by atoms with E-state index in [1.807, 2.05) is 19.1 Å². The summed E-state index contributed by atoms with van der Waals surface area (Å²) in [7, 11) is 0. The molecule has 0 bridgehead atoms. The number of primary amides is 1. The van der Waals surface area contributed by atoms with Crippen LogP contribution >= 0.6 is 0 Å². The van der Waals surface area contributed by atoms with Crippen LogP contribution in [0.1, 0.15) is 18.1 Å². The highest BCUT2D eigenvalue weighted by Crippen LogP contribution is 2.10. The van der Waals surface area contributed by atoms with Crippen molar-refractivity contribution in [3.05, 3.63) is 35.4 Å². The van der Waals surface area contributed by atoms with Crippen LogP contribution in [0.3, 0.4) is 0 Å². The van der Waals surface area contributed by atoms with Gasteiger partial charge < -0.3 is 10.6 Å². The monoisotopic (exact) mass is 248 g/mol. The molecule has 3 amide bonds. The van der Waals surface area contributed by atoms with Gasteiger partial charge in [0.1, 0.15) is 6.54 Å². The summed E-state index contributed by atoms with van der Waals surface area (Å²) in [6, 6.07) is 7.20. The maximum absolute atomic E-state index is 11.7. The summed E-state index contributed by atoms with van der Waals surface area (Å²) in [6.45, 7) is 3.52. The molecule has 0 aromatic heterocycles. The zero-order valence-electron chi connectivity index (χ0n) is 10.4. The molecule has 1 aliphatic heterocycles. The van der Waals surface area contributed by atoms with Crippen LogP contribution in [0.15, 0.2) is 24.3 Å². The number of hydrogen-bond acceptors (Lipinski definition) is 2. The lowest BCUT2D eigenvalue weighted by molar-refractivity contribution is -0.929. The molecule has 1 aromatic carbocycles. The van der Waals surface area contributed by atoms with E-state index in [4.69, 9.17) is 5.73 Å². The van der Waals surface area contributed by atoms with E-state index in [2.05, 4.69) is 17.4 Å². The number of nitrogens with two attached hydrogens (primary N) is 1. The average Bonchev–Trinajstić information content (AvgIpc) is 2.36. The van der Waals surface area contributed by atoms with Crippen molar-refractivity contribution in [3.63, 3.8) is 0 Å². The molecule has 0 aliphatic carbocycles. The second kappa shape index (κ2) is 5.18. The Morgan fingerprint density at radius 2 is 2.00 bits per heavy atom. The average molecular weight is 248 g/mol. The number of nitrogens with one attached hydrogen (secondary N) is 2. The van der Waals surface area contributed by atoms with Gasteiger partial charge in [-0.2, -0.15) is 0 Å². The van der Waals surface area contributed by atoms with Gasteiger partial charge in [0.25, 0.3) is 5.91 Å². The quantitative estimate of drug-likeness (QED) is 0.641. The molecular formula is C13H18N3O2+. The topological polar surface area (TPSA) is 76.6 Å². The van der Waals surface area contributed by atoms with Crippen LogP contribution in [-0.4, -0.2) is 24.5 Å².